The van der Waals surface area contributed by atoms with Gasteiger partial charge >= 0.3 is 0 Å². The van der Waals surface area contributed by atoms with Crippen LogP contribution in [0.25, 0.3) is 0 Å². The summed E-state index contributed by atoms with van der Waals surface area (Å²) in [6.45, 7) is -0.149. The van der Waals surface area contributed by atoms with Gasteiger partial charge in [0.2, 0.25) is 0 Å². The number of benzene rings is 1. The first-order valence-corrected chi connectivity index (χ1v) is 13.1. The van der Waals surface area contributed by atoms with Gasteiger partial charge in [0.05, 0.1) is 17.5 Å². The van der Waals surface area contributed by atoms with Crippen LogP contribution in [0.15, 0.2) is 29.3 Å². The van der Waals surface area contributed by atoms with Crippen molar-refractivity contribution in [2.24, 2.45) is 16.8 Å². The van der Waals surface area contributed by atoms with Crippen LogP contribution in [0, 0.1) is 11.8 Å². The van der Waals surface area contributed by atoms with Crippen molar-refractivity contribution in [3.05, 3.63) is 29.3 Å². The number of rotatable bonds is 4. The number of hydrogen-bond donors (Lipinski definition) is 0. The highest BCUT2D eigenvalue weighted by molar-refractivity contribution is 8.15. The van der Waals surface area contributed by atoms with Crippen LogP contribution in [-0.2, 0) is 14.6 Å². The maximum absolute atomic E-state index is 12.5. The number of fused-ring (bicyclic) bond motifs is 3. The van der Waals surface area contributed by atoms with E-state index in [1.54, 1.807) is 24.3 Å². The van der Waals surface area contributed by atoms with Crippen molar-refractivity contribution in [2.45, 2.75) is 43.0 Å². The molecule has 5 atom stereocenters. The quantitative estimate of drug-likeness (QED) is 0.696. The van der Waals surface area contributed by atoms with Gasteiger partial charge in [-0.2, -0.15) is 4.99 Å². The second kappa shape index (κ2) is 7.46. The number of hydrogen-bond acceptors (Lipinski definition) is 5. The number of amides is 1. The van der Waals surface area contributed by atoms with E-state index in [1.165, 1.54) is 31.0 Å². The van der Waals surface area contributed by atoms with E-state index >= 15 is 0 Å². The summed E-state index contributed by atoms with van der Waals surface area (Å²) in [7, 11) is -3.02. The molecule has 1 aromatic rings. The first kappa shape index (κ1) is 19.7. The third-order valence-corrected chi connectivity index (χ3v) is 10.0. The lowest BCUT2D eigenvalue weighted by Crippen LogP contribution is -2.47. The van der Waals surface area contributed by atoms with E-state index < -0.39 is 9.84 Å². The largest absolute Gasteiger partial charge is 0.484 e. The highest BCUT2D eigenvalue weighted by atomic mass is 35.5. The van der Waals surface area contributed by atoms with Gasteiger partial charge in [0.25, 0.3) is 5.91 Å². The van der Waals surface area contributed by atoms with Gasteiger partial charge in [0, 0.05) is 16.3 Å². The minimum atomic E-state index is -3.02. The number of carbonyl (C=O) groups is 1. The second-order valence-electron chi connectivity index (χ2n) is 8.48. The van der Waals surface area contributed by atoms with Crippen molar-refractivity contribution >= 4 is 44.3 Å². The summed E-state index contributed by atoms with van der Waals surface area (Å²) in [5.41, 5.74) is 0. The Morgan fingerprint density at radius 2 is 1.97 bits per heavy atom. The fraction of sp³-hybridized carbons (Fsp3) is 0.600. The molecule has 0 aromatic heterocycles. The van der Waals surface area contributed by atoms with Crippen molar-refractivity contribution in [1.29, 1.82) is 0 Å². The molecule has 0 N–H and O–H groups in total. The SMILES string of the molecule is O=C(COc1ccc(Cl)cc1)N=C1SC2CS(=O)(=O)CC2N1C1CC2CCC1C2. The van der Waals surface area contributed by atoms with E-state index in [0.29, 0.717) is 27.9 Å². The van der Waals surface area contributed by atoms with Gasteiger partial charge in [-0.1, -0.05) is 29.8 Å². The summed E-state index contributed by atoms with van der Waals surface area (Å²) in [6, 6.07) is 7.09. The van der Waals surface area contributed by atoms with E-state index in [1.807, 2.05) is 0 Å². The maximum Gasteiger partial charge on any atom is 0.285 e. The molecule has 1 amide bonds. The van der Waals surface area contributed by atoms with Crippen molar-refractivity contribution in [3.8, 4) is 5.75 Å². The molecule has 2 aliphatic carbocycles. The van der Waals surface area contributed by atoms with Crippen LogP contribution in [0.5, 0.6) is 5.75 Å². The Hall–Kier alpha value is -1.25. The maximum atomic E-state index is 12.5. The molecule has 6 nitrogen and oxygen atoms in total. The van der Waals surface area contributed by atoms with Crippen molar-refractivity contribution in [1.82, 2.24) is 4.90 Å². The summed E-state index contributed by atoms with van der Waals surface area (Å²) in [5.74, 6) is 1.89. The van der Waals surface area contributed by atoms with Gasteiger partial charge < -0.3 is 9.64 Å². The standard InChI is InChI=1S/C20H23ClN2O4S2/c21-14-3-5-15(6-4-14)27-9-19(24)22-20-23(16-8-12-1-2-13(16)7-12)17-10-29(25,26)11-18(17)28-20/h3-6,12-13,16-18H,1-2,7-11H2. The fourth-order valence-corrected chi connectivity index (χ4v) is 9.46. The molecular formula is C20H23ClN2O4S2. The van der Waals surface area contributed by atoms with Gasteiger partial charge in [0.15, 0.2) is 21.6 Å². The normalized spacial score (nSPS) is 36.0. The number of halogens is 1. The molecule has 2 saturated carbocycles. The molecule has 5 rings (SSSR count). The lowest BCUT2D eigenvalue weighted by Gasteiger charge is -2.36. The minimum absolute atomic E-state index is 0.0251. The van der Waals surface area contributed by atoms with E-state index in [4.69, 9.17) is 16.3 Å². The third-order valence-electron chi connectivity index (χ3n) is 6.56. The minimum Gasteiger partial charge on any atom is -0.484 e. The Labute approximate surface area is 179 Å². The predicted molar refractivity (Wildman–Crippen MR) is 114 cm³/mol. The predicted octanol–water partition coefficient (Wildman–Crippen LogP) is 3.00. The molecule has 2 heterocycles. The number of aliphatic imine (C=N–C) groups is 1. The number of sulfone groups is 1. The van der Waals surface area contributed by atoms with Gasteiger partial charge in [-0.05, 0) is 55.4 Å². The monoisotopic (exact) mass is 454 g/mol. The van der Waals surface area contributed by atoms with Crippen LogP contribution < -0.4 is 4.74 Å². The molecular weight excluding hydrogens is 432 g/mol. The zero-order valence-electron chi connectivity index (χ0n) is 15.9. The summed E-state index contributed by atoms with van der Waals surface area (Å²) < 4.78 is 29.9. The van der Waals surface area contributed by atoms with Gasteiger partial charge in [-0.15, -0.1) is 0 Å². The Morgan fingerprint density at radius 1 is 1.17 bits per heavy atom. The average molecular weight is 455 g/mol. The molecule has 156 valence electrons. The van der Waals surface area contributed by atoms with Crippen LogP contribution in [0.1, 0.15) is 25.7 Å². The van der Waals surface area contributed by atoms with Gasteiger partial charge in [-0.3, -0.25) is 4.79 Å². The van der Waals surface area contributed by atoms with Crippen molar-refractivity contribution < 1.29 is 17.9 Å². The second-order valence-corrected chi connectivity index (χ2v) is 12.3. The highest BCUT2D eigenvalue weighted by Gasteiger charge is 2.54. The summed E-state index contributed by atoms with van der Waals surface area (Å²) in [6.07, 6.45) is 4.77. The Kier molecular flexibility index (Phi) is 5.07. The zero-order valence-corrected chi connectivity index (χ0v) is 18.3. The number of ether oxygens (including phenoxy) is 1. The highest BCUT2D eigenvalue weighted by Crippen LogP contribution is 2.51. The molecule has 9 heteroatoms. The molecule has 4 aliphatic rings. The van der Waals surface area contributed by atoms with Crippen LogP contribution >= 0.6 is 23.4 Å². The lowest BCUT2D eigenvalue weighted by molar-refractivity contribution is -0.119. The van der Waals surface area contributed by atoms with E-state index in [9.17, 15) is 13.2 Å². The number of thioether (sulfide) groups is 1. The molecule has 0 radical (unpaired) electrons. The smallest absolute Gasteiger partial charge is 0.285 e. The molecule has 0 spiro atoms. The fourth-order valence-electron chi connectivity index (χ4n) is 5.35. The van der Waals surface area contributed by atoms with E-state index in [2.05, 4.69) is 9.89 Å². The molecule has 2 aliphatic heterocycles. The third kappa shape index (κ3) is 3.91. The first-order chi connectivity index (χ1) is 13.9. The lowest BCUT2D eigenvalue weighted by atomic mass is 9.93. The zero-order chi connectivity index (χ0) is 20.2. The van der Waals surface area contributed by atoms with E-state index in [-0.39, 0.29) is 35.3 Å². The molecule has 29 heavy (non-hydrogen) atoms. The van der Waals surface area contributed by atoms with Crippen LogP contribution in [0.4, 0.5) is 0 Å². The Bertz CT molecular complexity index is 950. The summed E-state index contributed by atoms with van der Waals surface area (Å²) >= 11 is 7.32. The van der Waals surface area contributed by atoms with Crippen molar-refractivity contribution in [2.75, 3.05) is 18.1 Å². The molecule has 1 aromatic carbocycles. The number of nitrogens with zero attached hydrogens (tertiary/aromatic N) is 2. The van der Waals surface area contributed by atoms with Gasteiger partial charge in [-0.25, -0.2) is 8.42 Å². The number of carbonyl (C=O) groups excluding carboxylic acids is 1. The molecule has 4 fully saturated rings. The van der Waals surface area contributed by atoms with Gasteiger partial charge in [0.1, 0.15) is 5.75 Å². The average Bonchev–Trinajstić information content (AvgIpc) is 3.41. The van der Waals surface area contributed by atoms with E-state index in [0.717, 1.165) is 12.3 Å². The van der Waals surface area contributed by atoms with Crippen molar-refractivity contribution in [3.63, 3.8) is 0 Å². The summed E-state index contributed by atoms with van der Waals surface area (Å²) in [5, 5.41) is 1.27. The molecule has 2 saturated heterocycles. The van der Waals surface area contributed by atoms with Crippen LogP contribution in [-0.4, -0.2) is 59.8 Å². The first-order valence-electron chi connectivity index (χ1n) is 10.0. The molecule has 5 unspecified atom stereocenters. The number of amidine groups is 1. The van der Waals surface area contributed by atoms with Crippen LogP contribution in [0.2, 0.25) is 5.02 Å². The summed E-state index contributed by atoms with van der Waals surface area (Å²) in [4.78, 5) is 19.1. The van der Waals surface area contributed by atoms with Crippen LogP contribution in [0.3, 0.4) is 0 Å². The Balaban J connectivity index is 1.33. The topological polar surface area (TPSA) is 76.0 Å². The Morgan fingerprint density at radius 3 is 2.66 bits per heavy atom. The molecule has 2 bridgehead atoms.